The van der Waals surface area contributed by atoms with Gasteiger partial charge in [-0.15, -0.1) is 0 Å². The summed E-state index contributed by atoms with van der Waals surface area (Å²) >= 11 is 0. The zero-order valence-corrected chi connectivity index (χ0v) is 7.65. The quantitative estimate of drug-likeness (QED) is 0.641. The molecule has 2 N–H and O–H groups in total. The van der Waals surface area contributed by atoms with Crippen LogP contribution >= 0.6 is 0 Å². The molecule has 0 aliphatic carbocycles. The average Bonchev–Trinajstić information content (AvgIpc) is 2.14. The van der Waals surface area contributed by atoms with Gasteiger partial charge in [-0.2, -0.15) is 17.6 Å². The highest BCUT2D eigenvalue weighted by Crippen LogP contribution is 2.36. The third-order valence-corrected chi connectivity index (χ3v) is 1.90. The molecule has 0 radical (unpaired) electrons. The Morgan fingerprint density at radius 3 is 2.25 bits per heavy atom. The first-order valence-electron chi connectivity index (χ1n) is 4.01. The van der Waals surface area contributed by atoms with Gasteiger partial charge in [-0.05, 0) is 5.56 Å². The lowest BCUT2D eigenvalue weighted by Gasteiger charge is -2.15. The van der Waals surface area contributed by atoms with Crippen LogP contribution in [0.5, 0.6) is 0 Å². The first kappa shape index (κ1) is 12.8. The summed E-state index contributed by atoms with van der Waals surface area (Å²) in [4.78, 5) is 2.65. The Labute approximate surface area is 86.1 Å². The number of nitrogens with two attached hydrogens (primary N) is 1. The maximum atomic E-state index is 12.8. The van der Waals surface area contributed by atoms with E-state index in [0.717, 1.165) is 0 Å². The standard InChI is InChI=1S/C8H6F6N2/c9-6(10)4-2-16-7(11)5(3(4)1-15)8(12,13)14/h2,6H,1,15H2. The molecule has 0 fully saturated rings. The van der Waals surface area contributed by atoms with Crippen LogP contribution < -0.4 is 5.73 Å². The number of nitrogens with zero attached hydrogens (tertiary/aromatic N) is 1. The lowest BCUT2D eigenvalue weighted by Crippen LogP contribution is -2.18. The predicted molar refractivity (Wildman–Crippen MR) is 42.0 cm³/mol. The second-order valence-electron chi connectivity index (χ2n) is 2.86. The molecule has 0 aliphatic heterocycles. The van der Waals surface area contributed by atoms with Gasteiger partial charge in [0.15, 0.2) is 0 Å². The van der Waals surface area contributed by atoms with E-state index in [1.807, 2.05) is 0 Å². The van der Waals surface area contributed by atoms with Crippen molar-refractivity contribution in [1.82, 2.24) is 4.98 Å². The Hall–Kier alpha value is -1.31. The first-order valence-corrected chi connectivity index (χ1v) is 4.01. The number of alkyl halides is 5. The van der Waals surface area contributed by atoms with E-state index >= 15 is 0 Å². The summed E-state index contributed by atoms with van der Waals surface area (Å²) in [6.07, 6.45) is -7.93. The van der Waals surface area contributed by atoms with Crippen molar-refractivity contribution in [2.45, 2.75) is 19.1 Å². The highest BCUT2D eigenvalue weighted by atomic mass is 19.4. The summed E-state index contributed by atoms with van der Waals surface area (Å²) in [7, 11) is 0. The molecule has 1 aromatic heterocycles. The summed E-state index contributed by atoms with van der Waals surface area (Å²) in [6, 6.07) is 0. The predicted octanol–water partition coefficient (Wildman–Crippen LogP) is 2.64. The maximum Gasteiger partial charge on any atom is 0.421 e. The van der Waals surface area contributed by atoms with Gasteiger partial charge in [0, 0.05) is 18.3 Å². The molecule has 0 atom stereocenters. The van der Waals surface area contributed by atoms with Crippen LogP contribution in [0.25, 0.3) is 0 Å². The third kappa shape index (κ3) is 2.26. The molecule has 90 valence electrons. The number of aromatic nitrogens is 1. The molecule has 0 saturated heterocycles. The van der Waals surface area contributed by atoms with Gasteiger partial charge in [-0.3, -0.25) is 0 Å². The largest absolute Gasteiger partial charge is 0.421 e. The number of hydrogen-bond donors (Lipinski definition) is 1. The number of rotatable bonds is 2. The monoisotopic (exact) mass is 244 g/mol. The third-order valence-electron chi connectivity index (χ3n) is 1.90. The first-order chi connectivity index (χ1) is 7.29. The lowest BCUT2D eigenvalue weighted by molar-refractivity contribution is -0.141. The summed E-state index contributed by atoms with van der Waals surface area (Å²) in [6.45, 7) is -0.839. The van der Waals surface area contributed by atoms with E-state index < -0.39 is 41.8 Å². The minimum atomic E-state index is -5.10. The molecule has 1 aromatic rings. The van der Waals surface area contributed by atoms with Crippen molar-refractivity contribution >= 4 is 0 Å². The van der Waals surface area contributed by atoms with Gasteiger partial charge >= 0.3 is 6.18 Å². The van der Waals surface area contributed by atoms with Gasteiger partial charge in [0.2, 0.25) is 5.95 Å². The van der Waals surface area contributed by atoms with E-state index in [0.29, 0.717) is 6.20 Å². The Morgan fingerprint density at radius 1 is 1.31 bits per heavy atom. The van der Waals surface area contributed by atoms with Crippen molar-refractivity contribution in [2.24, 2.45) is 5.73 Å². The van der Waals surface area contributed by atoms with Crippen LogP contribution in [0.15, 0.2) is 6.20 Å². The normalized spacial score (nSPS) is 12.2. The van der Waals surface area contributed by atoms with Crippen molar-refractivity contribution in [2.75, 3.05) is 0 Å². The van der Waals surface area contributed by atoms with Crippen LogP contribution in [-0.2, 0) is 12.7 Å². The number of pyridine rings is 1. The van der Waals surface area contributed by atoms with Crippen LogP contribution in [-0.4, -0.2) is 4.98 Å². The number of hydrogen-bond acceptors (Lipinski definition) is 2. The molecule has 2 nitrogen and oxygen atoms in total. The summed E-state index contributed by atoms with van der Waals surface area (Å²) in [5.41, 5.74) is 1.13. The zero-order chi connectivity index (χ0) is 12.5. The van der Waals surface area contributed by atoms with E-state index in [1.54, 1.807) is 0 Å². The molecule has 8 heteroatoms. The van der Waals surface area contributed by atoms with Crippen LogP contribution in [0.4, 0.5) is 26.3 Å². The second-order valence-corrected chi connectivity index (χ2v) is 2.86. The topological polar surface area (TPSA) is 38.9 Å². The van der Waals surface area contributed by atoms with Gasteiger partial charge in [0.1, 0.15) is 5.56 Å². The zero-order valence-electron chi connectivity index (χ0n) is 7.65. The Balaban J connectivity index is 3.51. The maximum absolute atomic E-state index is 12.8. The highest BCUT2D eigenvalue weighted by molar-refractivity contribution is 5.35. The van der Waals surface area contributed by atoms with Crippen LogP contribution in [0.1, 0.15) is 23.1 Å². The smallest absolute Gasteiger partial charge is 0.326 e. The van der Waals surface area contributed by atoms with E-state index in [9.17, 15) is 26.3 Å². The van der Waals surface area contributed by atoms with Crippen molar-refractivity contribution in [3.05, 3.63) is 28.8 Å². The van der Waals surface area contributed by atoms with Crippen molar-refractivity contribution in [3.63, 3.8) is 0 Å². The van der Waals surface area contributed by atoms with Gasteiger partial charge in [-0.1, -0.05) is 0 Å². The fourth-order valence-corrected chi connectivity index (χ4v) is 1.23. The summed E-state index contributed by atoms with van der Waals surface area (Å²) in [5.74, 6) is -1.85. The Kier molecular flexibility index (Phi) is 3.41. The molecule has 0 bridgehead atoms. The molecule has 1 heterocycles. The minimum absolute atomic E-state index is 0.359. The van der Waals surface area contributed by atoms with E-state index in [-0.39, 0.29) is 0 Å². The molecular weight excluding hydrogens is 238 g/mol. The second kappa shape index (κ2) is 4.28. The Bertz CT molecular complexity index is 387. The molecule has 0 unspecified atom stereocenters. The molecule has 0 spiro atoms. The SMILES string of the molecule is NCc1c(C(F)F)cnc(F)c1C(F)(F)F. The number of halogens is 6. The summed E-state index contributed by atoms with van der Waals surface area (Å²) < 4.78 is 74.6. The molecule has 0 aliphatic rings. The van der Waals surface area contributed by atoms with E-state index in [4.69, 9.17) is 5.73 Å². The fraction of sp³-hybridized carbons (Fsp3) is 0.375. The molecular formula is C8H6F6N2. The van der Waals surface area contributed by atoms with Gasteiger partial charge in [-0.25, -0.2) is 13.8 Å². The van der Waals surface area contributed by atoms with Crippen LogP contribution in [0.3, 0.4) is 0 Å². The summed E-state index contributed by atoms with van der Waals surface area (Å²) in [5, 5.41) is 0. The molecule has 0 saturated carbocycles. The minimum Gasteiger partial charge on any atom is -0.326 e. The van der Waals surface area contributed by atoms with E-state index in [1.165, 1.54) is 0 Å². The highest BCUT2D eigenvalue weighted by Gasteiger charge is 2.39. The van der Waals surface area contributed by atoms with Crippen molar-refractivity contribution < 1.29 is 26.3 Å². The van der Waals surface area contributed by atoms with Gasteiger partial charge in [0.25, 0.3) is 6.43 Å². The fourth-order valence-electron chi connectivity index (χ4n) is 1.23. The molecule has 1 rings (SSSR count). The van der Waals surface area contributed by atoms with E-state index in [2.05, 4.69) is 4.98 Å². The lowest BCUT2D eigenvalue weighted by atomic mass is 10.0. The average molecular weight is 244 g/mol. The van der Waals surface area contributed by atoms with Crippen LogP contribution in [0, 0.1) is 5.95 Å². The van der Waals surface area contributed by atoms with Gasteiger partial charge < -0.3 is 5.73 Å². The van der Waals surface area contributed by atoms with Crippen molar-refractivity contribution in [3.8, 4) is 0 Å². The molecule has 0 amide bonds. The Morgan fingerprint density at radius 2 is 1.88 bits per heavy atom. The van der Waals surface area contributed by atoms with Crippen LogP contribution in [0.2, 0.25) is 0 Å². The molecule has 0 aromatic carbocycles. The van der Waals surface area contributed by atoms with Crippen molar-refractivity contribution in [1.29, 1.82) is 0 Å². The molecule has 16 heavy (non-hydrogen) atoms. The van der Waals surface area contributed by atoms with Gasteiger partial charge in [0.05, 0.1) is 0 Å².